The average Bonchev–Trinajstić information content (AvgIpc) is 3.04. The maximum Gasteiger partial charge on any atom is 0.342 e. The highest BCUT2D eigenvalue weighted by Gasteiger charge is 2.73. The summed E-state index contributed by atoms with van der Waals surface area (Å²) < 4.78 is 17.1. The number of carbonyl (C=O) groups excluding carboxylic acids is 2. The summed E-state index contributed by atoms with van der Waals surface area (Å²) in [6.07, 6.45) is 4.85. The third-order valence-electron chi connectivity index (χ3n) is 8.20. The number of aromatic hydroxyl groups is 1. The second kappa shape index (κ2) is 7.49. The molecule has 0 bridgehead atoms. The summed E-state index contributed by atoms with van der Waals surface area (Å²) in [5.74, 6) is -0.0542. The van der Waals surface area contributed by atoms with Crippen molar-refractivity contribution in [3.8, 4) is 11.5 Å². The van der Waals surface area contributed by atoms with Crippen LogP contribution in [0, 0.1) is 29.6 Å². The van der Waals surface area contributed by atoms with E-state index < -0.39 is 17.7 Å². The van der Waals surface area contributed by atoms with Gasteiger partial charge in [0.2, 0.25) is 0 Å². The Bertz CT molecular complexity index is 1010. The molecule has 0 unspecified atom stereocenters. The van der Waals surface area contributed by atoms with Crippen molar-refractivity contribution in [2.45, 2.75) is 58.7 Å². The molecule has 0 saturated heterocycles. The van der Waals surface area contributed by atoms with Gasteiger partial charge in [-0.15, -0.1) is 0 Å². The molecule has 0 aliphatic heterocycles. The standard InChI is InChI=1S/C25H31ClO6/c1-13-20(17(28)8-18(30-5)21(13)26)22(29)32-19-11-24(4)16-10-23(2,3)9-14(16)7-15(12-27)25(19,24)31-6/h7-8,12,14,16,19,28H,9-11H2,1-6H3/t14-,16+,19-,24-,25+/m1/s1. The van der Waals surface area contributed by atoms with E-state index in [0.717, 1.165) is 19.1 Å². The van der Waals surface area contributed by atoms with Gasteiger partial charge in [0.25, 0.3) is 0 Å². The first-order valence-electron chi connectivity index (χ1n) is 11.0. The predicted octanol–water partition coefficient (Wildman–Crippen LogP) is 4.87. The van der Waals surface area contributed by atoms with Crippen LogP contribution in [0.4, 0.5) is 0 Å². The number of methoxy groups -OCH3 is 2. The van der Waals surface area contributed by atoms with Gasteiger partial charge in [0, 0.05) is 24.2 Å². The van der Waals surface area contributed by atoms with E-state index in [1.54, 1.807) is 14.0 Å². The fourth-order valence-electron chi connectivity index (χ4n) is 6.77. The van der Waals surface area contributed by atoms with Gasteiger partial charge in [0.05, 0.1) is 12.1 Å². The molecule has 32 heavy (non-hydrogen) atoms. The van der Waals surface area contributed by atoms with Crippen molar-refractivity contribution in [1.82, 2.24) is 0 Å². The number of rotatable bonds is 5. The smallest absolute Gasteiger partial charge is 0.342 e. The van der Waals surface area contributed by atoms with E-state index in [1.807, 2.05) is 6.08 Å². The lowest BCUT2D eigenvalue weighted by molar-refractivity contribution is -0.259. The maximum atomic E-state index is 13.2. The molecule has 0 heterocycles. The molecule has 0 amide bonds. The highest BCUT2D eigenvalue weighted by molar-refractivity contribution is 6.33. The fraction of sp³-hybridized carbons (Fsp3) is 0.600. The topological polar surface area (TPSA) is 82.1 Å². The van der Waals surface area contributed by atoms with E-state index in [9.17, 15) is 14.7 Å². The molecule has 6 nitrogen and oxygen atoms in total. The number of fused-ring (bicyclic) bond motifs is 3. The first-order valence-corrected chi connectivity index (χ1v) is 11.3. The molecular weight excluding hydrogens is 432 g/mol. The molecule has 174 valence electrons. The van der Waals surface area contributed by atoms with Crippen LogP contribution >= 0.6 is 11.6 Å². The number of phenols is 1. The largest absolute Gasteiger partial charge is 0.507 e. The van der Waals surface area contributed by atoms with Gasteiger partial charge in [-0.3, -0.25) is 4.79 Å². The molecular formula is C25H31ClO6. The van der Waals surface area contributed by atoms with Crippen molar-refractivity contribution in [2.75, 3.05) is 14.2 Å². The molecule has 3 aliphatic carbocycles. The van der Waals surface area contributed by atoms with Crippen molar-refractivity contribution in [1.29, 1.82) is 0 Å². The SMILES string of the molecule is COc1cc(O)c(C(=O)O[C@@H]2C[C@]3(C)[C@H]4CC(C)(C)C[C@H]4C=C(C=O)[C@]23OC)c(C)c1Cl. The van der Waals surface area contributed by atoms with Crippen LogP contribution in [0.5, 0.6) is 11.5 Å². The normalized spacial score (nSPS) is 34.6. The molecule has 0 aromatic heterocycles. The molecule has 5 atom stereocenters. The van der Waals surface area contributed by atoms with Crippen molar-refractivity contribution in [3.05, 3.63) is 33.9 Å². The molecule has 0 spiro atoms. The quantitative estimate of drug-likeness (QED) is 0.496. The summed E-state index contributed by atoms with van der Waals surface area (Å²) in [5, 5.41) is 10.7. The molecule has 2 saturated carbocycles. The van der Waals surface area contributed by atoms with Gasteiger partial charge < -0.3 is 19.3 Å². The minimum atomic E-state index is -1.01. The fourth-order valence-corrected chi connectivity index (χ4v) is 7.00. The summed E-state index contributed by atoms with van der Waals surface area (Å²) >= 11 is 6.30. The molecule has 3 aliphatic rings. The molecule has 4 rings (SSSR count). The van der Waals surface area contributed by atoms with Crippen LogP contribution < -0.4 is 4.74 Å². The van der Waals surface area contributed by atoms with E-state index >= 15 is 0 Å². The molecule has 1 aromatic rings. The van der Waals surface area contributed by atoms with Gasteiger partial charge in [-0.05, 0) is 49.0 Å². The van der Waals surface area contributed by atoms with Gasteiger partial charge in [0.15, 0.2) is 0 Å². The Labute approximate surface area is 193 Å². The Balaban J connectivity index is 1.69. The van der Waals surface area contributed by atoms with Crippen LogP contribution in [0.1, 0.15) is 56.0 Å². The predicted molar refractivity (Wildman–Crippen MR) is 120 cm³/mol. The number of hydrogen-bond donors (Lipinski definition) is 1. The number of hydrogen-bond acceptors (Lipinski definition) is 6. The summed E-state index contributed by atoms with van der Waals surface area (Å²) in [5.41, 5.74) is -0.259. The van der Waals surface area contributed by atoms with Crippen LogP contribution in [0.25, 0.3) is 0 Å². The minimum absolute atomic E-state index is 0.0111. The highest BCUT2D eigenvalue weighted by Crippen LogP contribution is 2.69. The number of halogens is 1. The zero-order valence-corrected chi connectivity index (χ0v) is 20.2. The average molecular weight is 463 g/mol. The molecule has 2 fully saturated rings. The second-order valence-electron chi connectivity index (χ2n) is 10.4. The zero-order chi connectivity index (χ0) is 23.6. The first kappa shape index (κ1) is 23.1. The number of aldehydes is 1. The van der Waals surface area contributed by atoms with E-state index in [0.29, 0.717) is 29.4 Å². The van der Waals surface area contributed by atoms with Crippen molar-refractivity contribution >= 4 is 23.9 Å². The lowest BCUT2D eigenvalue weighted by atomic mass is 9.44. The Kier molecular flexibility index (Phi) is 5.41. The monoisotopic (exact) mass is 462 g/mol. The van der Waals surface area contributed by atoms with Gasteiger partial charge >= 0.3 is 5.97 Å². The minimum Gasteiger partial charge on any atom is -0.507 e. The molecule has 0 radical (unpaired) electrons. The summed E-state index contributed by atoms with van der Waals surface area (Å²) in [6.45, 7) is 8.28. The number of allylic oxidation sites excluding steroid dienone is 1. The van der Waals surface area contributed by atoms with E-state index in [1.165, 1.54) is 13.2 Å². The van der Waals surface area contributed by atoms with Crippen LogP contribution in [0.15, 0.2) is 17.7 Å². The highest BCUT2D eigenvalue weighted by atomic mass is 35.5. The van der Waals surface area contributed by atoms with E-state index in [4.69, 9.17) is 25.8 Å². The van der Waals surface area contributed by atoms with Crippen molar-refractivity contribution in [2.24, 2.45) is 22.7 Å². The van der Waals surface area contributed by atoms with E-state index in [-0.39, 0.29) is 32.9 Å². The van der Waals surface area contributed by atoms with Crippen LogP contribution in [0.3, 0.4) is 0 Å². The molecule has 7 heteroatoms. The lowest BCUT2D eigenvalue weighted by Gasteiger charge is -2.66. The maximum absolute atomic E-state index is 13.2. The molecule has 1 aromatic carbocycles. The van der Waals surface area contributed by atoms with Gasteiger partial charge in [-0.25, -0.2) is 4.79 Å². The van der Waals surface area contributed by atoms with Gasteiger partial charge in [-0.1, -0.05) is 38.4 Å². The summed E-state index contributed by atoms with van der Waals surface area (Å²) in [7, 11) is 3.01. The third-order valence-corrected chi connectivity index (χ3v) is 8.67. The van der Waals surface area contributed by atoms with Crippen LogP contribution in [0.2, 0.25) is 5.02 Å². The Morgan fingerprint density at radius 2 is 1.91 bits per heavy atom. The van der Waals surface area contributed by atoms with Crippen molar-refractivity contribution < 1.29 is 28.9 Å². The molecule has 1 N–H and O–H groups in total. The summed E-state index contributed by atoms with van der Waals surface area (Å²) in [4.78, 5) is 25.3. The second-order valence-corrected chi connectivity index (χ2v) is 10.8. The van der Waals surface area contributed by atoms with Crippen LogP contribution in [-0.4, -0.2) is 43.3 Å². The Morgan fingerprint density at radius 3 is 2.50 bits per heavy atom. The number of carbonyl (C=O) groups is 2. The zero-order valence-electron chi connectivity index (χ0n) is 19.5. The van der Waals surface area contributed by atoms with Gasteiger partial charge in [-0.2, -0.15) is 0 Å². The van der Waals surface area contributed by atoms with Crippen molar-refractivity contribution in [3.63, 3.8) is 0 Å². The van der Waals surface area contributed by atoms with Crippen LogP contribution in [-0.2, 0) is 14.3 Å². The number of phenolic OH excluding ortho intramolecular Hbond substituents is 1. The Hall–Kier alpha value is -2.05. The first-order chi connectivity index (χ1) is 15.0. The number of ether oxygens (including phenoxy) is 3. The summed E-state index contributed by atoms with van der Waals surface area (Å²) in [6, 6.07) is 1.30. The number of benzene rings is 1. The van der Waals surface area contributed by atoms with E-state index in [2.05, 4.69) is 20.8 Å². The lowest BCUT2D eigenvalue weighted by Crippen LogP contribution is -2.73. The van der Waals surface area contributed by atoms with Gasteiger partial charge in [0.1, 0.15) is 35.1 Å². The number of esters is 1. The Morgan fingerprint density at radius 1 is 1.22 bits per heavy atom. The third kappa shape index (κ3) is 2.95.